The summed E-state index contributed by atoms with van der Waals surface area (Å²) < 4.78 is 8.85. The molecule has 4 heteroatoms. The molecular weight excluding hydrogens is 623 g/mol. The summed E-state index contributed by atoms with van der Waals surface area (Å²) in [5.74, 6) is 1.47. The molecule has 0 bridgehead atoms. The van der Waals surface area contributed by atoms with Crippen molar-refractivity contribution in [1.82, 2.24) is 14.5 Å². The quantitative estimate of drug-likeness (QED) is 0.190. The fourth-order valence-electron chi connectivity index (χ4n) is 8.05. The Hall–Kier alpha value is -6.78. The van der Waals surface area contributed by atoms with Crippen molar-refractivity contribution in [3.63, 3.8) is 0 Å². The van der Waals surface area contributed by atoms with E-state index in [4.69, 9.17) is 14.4 Å². The van der Waals surface area contributed by atoms with Crippen LogP contribution >= 0.6 is 0 Å². The number of para-hydroxylation sites is 3. The van der Waals surface area contributed by atoms with Gasteiger partial charge in [-0.25, -0.2) is 9.97 Å². The van der Waals surface area contributed by atoms with Crippen LogP contribution in [0.25, 0.3) is 94.5 Å². The average molecular weight is 652 g/mol. The highest BCUT2D eigenvalue weighted by molar-refractivity contribution is 6.12. The highest BCUT2D eigenvalue weighted by Crippen LogP contribution is 2.43. The Morgan fingerprint density at radius 2 is 1.16 bits per heavy atom. The molecule has 0 N–H and O–H groups in total. The van der Waals surface area contributed by atoms with Gasteiger partial charge in [-0.05, 0) is 70.1 Å². The van der Waals surface area contributed by atoms with Crippen LogP contribution in [0.1, 0.15) is 11.1 Å². The Kier molecular flexibility index (Phi) is 5.98. The van der Waals surface area contributed by atoms with Crippen molar-refractivity contribution in [1.29, 1.82) is 0 Å². The second-order valence-corrected chi connectivity index (χ2v) is 13.4. The van der Waals surface area contributed by atoms with Crippen LogP contribution in [0.3, 0.4) is 0 Å². The van der Waals surface area contributed by atoms with Gasteiger partial charge in [0.1, 0.15) is 17.0 Å². The van der Waals surface area contributed by atoms with Gasteiger partial charge in [-0.1, -0.05) is 127 Å². The maximum atomic E-state index is 6.54. The van der Waals surface area contributed by atoms with Crippen LogP contribution < -0.4 is 0 Å². The first-order chi connectivity index (χ1) is 25.3. The van der Waals surface area contributed by atoms with Gasteiger partial charge in [0.2, 0.25) is 0 Å². The molecule has 0 unspecified atom stereocenters. The lowest BCUT2D eigenvalue weighted by Crippen LogP contribution is -2.02. The highest BCUT2D eigenvalue weighted by Gasteiger charge is 2.23. The molecule has 1 aliphatic carbocycles. The molecule has 7 aromatic carbocycles. The van der Waals surface area contributed by atoms with Gasteiger partial charge in [0, 0.05) is 38.7 Å². The molecule has 0 saturated heterocycles. The van der Waals surface area contributed by atoms with E-state index in [0.717, 1.165) is 67.6 Å². The minimum atomic E-state index is 0.660. The first-order valence-corrected chi connectivity index (χ1v) is 17.4. The predicted octanol–water partition coefficient (Wildman–Crippen LogP) is 12.0. The first-order valence-electron chi connectivity index (χ1n) is 17.4. The van der Waals surface area contributed by atoms with Crippen LogP contribution in [0.15, 0.2) is 168 Å². The second kappa shape index (κ2) is 10.9. The summed E-state index contributed by atoms with van der Waals surface area (Å²) in [4.78, 5) is 10.6. The largest absolute Gasteiger partial charge is 0.455 e. The summed E-state index contributed by atoms with van der Waals surface area (Å²) in [6, 6.07) is 57.9. The number of aromatic nitrogens is 3. The SMILES string of the molecule is c1ccc(-c2ccc(-c3nc(-c4cccc5c4oc4ccccc45)cc(-n4c5ccccc5c5cc6c(cc54)-c4ccccc4C6)n3)cc2)cc1. The molecule has 4 nitrogen and oxygen atoms in total. The van der Waals surface area contributed by atoms with Gasteiger partial charge >= 0.3 is 0 Å². The molecule has 1 aliphatic rings. The minimum Gasteiger partial charge on any atom is -0.455 e. The smallest absolute Gasteiger partial charge is 0.162 e. The molecule has 11 rings (SSSR count). The summed E-state index contributed by atoms with van der Waals surface area (Å²) in [5, 5.41) is 4.60. The maximum absolute atomic E-state index is 6.54. The summed E-state index contributed by atoms with van der Waals surface area (Å²) in [5.41, 5.74) is 14.3. The van der Waals surface area contributed by atoms with E-state index < -0.39 is 0 Å². The molecule has 0 amide bonds. The molecule has 0 fully saturated rings. The van der Waals surface area contributed by atoms with Crippen molar-refractivity contribution in [2.24, 2.45) is 0 Å². The van der Waals surface area contributed by atoms with Crippen LogP contribution in [0.5, 0.6) is 0 Å². The van der Waals surface area contributed by atoms with E-state index in [1.54, 1.807) is 0 Å². The van der Waals surface area contributed by atoms with Crippen molar-refractivity contribution in [3.8, 4) is 50.7 Å². The van der Waals surface area contributed by atoms with Gasteiger partial charge in [-0.2, -0.15) is 0 Å². The number of hydrogen-bond acceptors (Lipinski definition) is 3. The number of rotatable bonds is 4. The molecule has 0 aliphatic heterocycles. The van der Waals surface area contributed by atoms with E-state index >= 15 is 0 Å². The second-order valence-electron chi connectivity index (χ2n) is 13.4. The van der Waals surface area contributed by atoms with Gasteiger partial charge in [0.25, 0.3) is 0 Å². The van der Waals surface area contributed by atoms with Gasteiger partial charge in [-0.15, -0.1) is 0 Å². The van der Waals surface area contributed by atoms with Gasteiger partial charge in [0.05, 0.1) is 16.7 Å². The lowest BCUT2D eigenvalue weighted by atomic mass is 10.0. The van der Waals surface area contributed by atoms with Gasteiger partial charge < -0.3 is 4.42 Å². The van der Waals surface area contributed by atoms with Gasteiger partial charge in [-0.3, -0.25) is 4.57 Å². The average Bonchev–Trinajstić information content (AvgIpc) is 3.86. The normalized spacial score (nSPS) is 12.2. The minimum absolute atomic E-state index is 0.660. The van der Waals surface area contributed by atoms with Crippen molar-refractivity contribution >= 4 is 43.7 Å². The van der Waals surface area contributed by atoms with E-state index in [0.29, 0.717) is 5.82 Å². The van der Waals surface area contributed by atoms with Crippen molar-refractivity contribution in [3.05, 3.63) is 175 Å². The molecule has 51 heavy (non-hydrogen) atoms. The third-order valence-electron chi connectivity index (χ3n) is 10.5. The summed E-state index contributed by atoms with van der Waals surface area (Å²) in [6.07, 6.45) is 0.948. The molecule has 0 spiro atoms. The van der Waals surface area contributed by atoms with Crippen molar-refractivity contribution < 1.29 is 4.42 Å². The summed E-state index contributed by atoms with van der Waals surface area (Å²) in [6.45, 7) is 0. The number of furan rings is 1. The van der Waals surface area contributed by atoms with Crippen LogP contribution in [-0.2, 0) is 6.42 Å². The summed E-state index contributed by atoms with van der Waals surface area (Å²) in [7, 11) is 0. The molecule has 3 heterocycles. The molecule has 10 aromatic rings. The van der Waals surface area contributed by atoms with Crippen LogP contribution in [0.4, 0.5) is 0 Å². The van der Waals surface area contributed by atoms with Crippen molar-refractivity contribution in [2.45, 2.75) is 6.42 Å². The molecule has 0 atom stereocenters. The predicted molar refractivity (Wildman–Crippen MR) is 208 cm³/mol. The molecule has 3 aromatic heterocycles. The van der Waals surface area contributed by atoms with E-state index in [-0.39, 0.29) is 0 Å². The molecule has 238 valence electrons. The van der Waals surface area contributed by atoms with Crippen LogP contribution in [0, 0.1) is 0 Å². The first kappa shape index (κ1) is 28.1. The van der Waals surface area contributed by atoms with Crippen molar-refractivity contribution in [2.75, 3.05) is 0 Å². The summed E-state index contributed by atoms with van der Waals surface area (Å²) >= 11 is 0. The Labute approximate surface area is 293 Å². The fourth-order valence-corrected chi connectivity index (χ4v) is 8.05. The fraction of sp³-hybridized carbons (Fsp3) is 0.0213. The molecule has 0 radical (unpaired) electrons. The Balaban J connectivity index is 1.18. The molecular formula is C47H29N3O. The lowest BCUT2D eigenvalue weighted by molar-refractivity contribution is 0.670. The third kappa shape index (κ3) is 4.33. The van der Waals surface area contributed by atoms with E-state index in [1.807, 2.05) is 18.2 Å². The van der Waals surface area contributed by atoms with Crippen LogP contribution in [-0.4, -0.2) is 14.5 Å². The Morgan fingerprint density at radius 1 is 0.451 bits per heavy atom. The maximum Gasteiger partial charge on any atom is 0.162 e. The number of benzene rings is 7. The zero-order valence-corrected chi connectivity index (χ0v) is 27.5. The number of fused-ring (bicyclic) bond motifs is 9. The zero-order chi connectivity index (χ0) is 33.5. The topological polar surface area (TPSA) is 43.9 Å². The highest BCUT2D eigenvalue weighted by atomic mass is 16.3. The third-order valence-corrected chi connectivity index (χ3v) is 10.5. The Morgan fingerprint density at radius 3 is 2.06 bits per heavy atom. The Bertz CT molecular complexity index is 2990. The van der Waals surface area contributed by atoms with E-state index in [9.17, 15) is 0 Å². The standard InChI is InChI=1S/C47H29N3O/c1-2-11-29(12-3-1)30-21-23-31(24-22-30)47-48-41(38-18-10-17-37-36-16-7-9-20-44(36)51-46(37)38)28-45(49-47)50-42-19-8-6-15-35(42)40-26-33-25-32-13-4-5-14-34(32)39(33)27-43(40)50/h1-24,26-28H,25H2. The molecule has 0 saturated carbocycles. The monoisotopic (exact) mass is 651 g/mol. The van der Waals surface area contributed by atoms with E-state index in [2.05, 4.69) is 150 Å². The van der Waals surface area contributed by atoms with Crippen LogP contribution in [0.2, 0.25) is 0 Å². The number of nitrogens with zero attached hydrogens (tertiary/aromatic N) is 3. The zero-order valence-electron chi connectivity index (χ0n) is 27.5. The number of hydrogen-bond donors (Lipinski definition) is 0. The van der Waals surface area contributed by atoms with Gasteiger partial charge in [0.15, 0.2) is 5.82 Å². The van der Waals surface area contributed by atoms with E-state index in [1.165, 1.54) is 38.6 Å². The lowest BCUT2D eigenvalue weighted by Gasteiger charge is -2.13.